The Morgan fingerprint density at radius 3 is 2.17 bits per heavy atom. The van der Waals surface area contributed by atoms with Crippen LogP contribution >= 0.6 is 0 Å². The van der Waals surface area contributed by atoms with E-state index in [0.29, 0.717) is 0 Å². The number of carbonyl (C=O) groups excluding carboxylic acids is 1. The molecular formula is C9H17NO2. The molecule has 3 heteroatoms. The highest BCUT2D eigenvalue weighted by atomic mass is 16.6. The van der Waals surface area contributed by atoms with Gasteiger partial charge in [0.1, 0.15) is 0 Å². The summed E-state index contributed by atoms with van der Waals surface area (Å²) in [6.45, 7) is 7.28. The molecule has 0 unspecified atom stereocenters. The van der Waals surface area contributed by atoms with Crippen LogP contribution in [0.25, 0.3) is 0 Å². The molecule has 0 rings (SSSR count). The molecule has 0 spiro atoms. The monoisotopic (exact) mass is 171 g/mol. The fourth-order valence-electron chi connectivity index (χ4n) is 0.312. The predicted octanol–water partition coefficient (Wildman–Crippen LogP) is 1.78. The Hall–Kier alpha value is -1.17. The molecule has 0 aliphatic heterocycles. The van der Waals surface area contributed by atoms with E-state index in [1.54, 1.807) is 13.8 Å². The molecule has 3 nitrogen and oxygen atoms in total. The highest BCUT2D eigenvalue weighted by Crippen LogP contribution is 2.05. The number of ether oxygens (including phenoxy) is 1. The largest absolute Gasteiger partial charge is 0.430 e. The minimum atomic E-state index is -0.819. The number of carbonyl (C=O) groups is 1. The molecule has 0 bridgehead atoms. The lowest BCUT2D eigenvalue weighted by Crippen LogP contribution is -2.31. The van der Waals surface area contributed by atoms with E-state index < -0.39 is 11.7 Å². The van der Waals surface area contributed by atoms with Crippen LogP contribution in [0.1, 0.15) is 27.7 Å². The van der Waals surface area contributed by atoms with Gasteiger partial charge in [0, 0.05) is 7.05 Å². The number of alkyl carbamates (subject to hydrolysis) is 1. The quantitative estimate of drug-likeness (QED) is 0.611. The summed E-state index contributed by atoms with van der Waals surface area (Å²) < 4.78 is 4.75. The fourth-order valence-corrected chi connectivity index (χ4v) is 0.312. The second-order valence-electron chi connectivity index (χ2n) is 2.29. The van der Waals surface area contributed by atoms with Crippen LogP contribution in [-0.2, 0) is 4.74 Å². The molecule has 0 atom stereocenters. The van der Waals surface area contributed by atoms with Crippen LogP contribution in [0.4, 0.5) is 4.79 Å². The van der Waals surface area contributed by atoms with Gasteiger partial charge in [-0.1, -0.05) is 19.8 Å². The van der Waals surface area contributed by atoms with Crippen LogP contribution in [0.15, 0.2) is 0 Å². The topological polar surface area (TPSA) is 38.3 Å². The van der Waals surface area contributed by atoms with E-state index in [1.807, 2.05) is 13.8 Å². The van der Waals surface area contributed by atoms with Crippen LogP contribution in [0, 0.1) is 12.3 Å². The Bertz CT molecular complexity index is 168. The Kier molecular flexibility index (Phi) is 7.31. The van der Waals surface area contributed by atoms with Gasteiger partial charge in [0.2, 0.25) is 0 Å². The Labute approximate surface area is 74.5 Å². The average Bonchev–Trinajstić information content (AvgIpc) is 2.07. The van der Waals surface area contributed by atoms with E-state index >= 15 is 0 Å². The van der Waals surface area contributed by atoms with Crippen LogP contribution < -0.4 is 5.32 Å². The summed E-state index contributed by atoms with van der Waals surface area (Å²) in [6, 6.07) is 0. The van der Waals surface area contributed by atoms with Crippen LogP contribution in [0.2, 0.25) is 0 Å². The van der Waals surface area contributed by atoms with Crippen molar-refractivity contribution in [2.24, 2.45) is 0 Å². The number of terminal acetylenes is 1. The van der Waals surface area contributed by atoms with Crippen molar-refractivity contribution in [2.45, 2.75) is 33.3 Å². The molecule has 1 N–H and O–H groups in total. The molecule has 0 heterocycles. The summed E-state index contributed by atoms with van der Waals surface area (Å²) in [5.74, 6) is 2.32. The lowest BCUT2D eigenvalue weighted by molar-refractivity contribution is 0.0800. The van der Waals surface area contributed by atoms with Crippen molar-refractivity contribution in [1.82, 2.24) is 5.32 Å². The first kappa shape index (κ1) is 13.4. The van der Waals surface area contributed by atoms with Gasteiger partial charge in [-0.25, -0.2) is 4.79 Å². The van der Waals surface area contributed by atoms with Crippen LogP contribution in [-0.4, -0.2) is 18.7 Å². The Balaban J connectivity index is 0. The first-order chi connectivity index (χ1) is 5.52. The maximum Gasteiger partial charge on any atom is 0.408 e. The molecule has 70 valence electrons. The lowest BCUT2D eigenvalue weighted by atomic mass is 10.2. The smallest absolute Gasteiger partial charge is 0.408 e. The van der Waals surface area contributed by atoms with Gasteiger partial charge in [0.15, 0.2) is 5.60 Å². The molecule has 0 aromatic carbocycles. The van der Waals surface area contributed by atoms with Crippen molar-refractivity contribution >= 4 is 6.09 Å². The Morgan fingerprint density at radius 2 is 1.92 bits per heavy atom. The summed E-state index contributed by atoms with van der Waals surface area (Å²) in [6.07, 6.45) is 4.54. The first-order valence-electron chi connectivity index (χ1n) is 3.90. The zero-order valence-electron chi connectivity index (χ0n) is 8.39. The van der Waals surface area contributed by atoms with E-state index in [0.717, 1.165) is 0 Å². The van der Waals surface area contributed by atoms with Crippen LogP contribution in [0.5, 0.6) is 0 Å². The van der Waals surface area contributed by atoms with Crippen molar-refractivity contribution in [2.75, 3.05) is 7.05 Å². The van der Waals surface area contributed by atoms with E-state index in [2.05, 4.69) is 11.2 Å². The first-order valence-corrected chi connectivity index (χ1v) is 3.90. The standard InChI is InChI=1S/C7H11NO2.C2H6/c1-5-7(2,3)10-6(9)8-4;1-2/h1H,2-4H3,(H,8,9);1-2H3. The SMILES string of the molecule is C#CC(C)(C)OC(=O)NC.CC. The van der Waals surface area contributed by atoms with Crippen molar-refractivity contribution < 1.29 is 9.53 Å². The molecular weight excluding hydrogens is 154 g/mol. The van der Waals surface area contributed by atoms with Crippen molar-refractivity contribution in [1.29, 1.82) is 0 Å². The molecule has 0 aliphatic rings. The second kappa shape index (κ2) is 6.53. The summed E-state index contributed by atoms with van der Waals surface area (Å²) in [4.78, 5) is 10.6. The minimum Gasteiger partial charge on any atom is -0.430 e. The normalized spacial score (nSPS) is 8.67. The maximum atomic E-state index is 10.6. The molecule has 0 aromatic rings. The van der Waals surface area contributed by atoms with Gasteiger partial charge in [-0.05, 0) is 13.8 Å². The summed E-state index contributed by atoms with van der Waals surface area (Å²) in [7, 11) is 1.48. The zero-order chi connectivity index (χ0) is 10.2. The van der Waals surface area contributed by atoms with Gasteiger partial charge in [-0.3, -0.25) is 0 Å². The Morgan fingerprint density at radius 1 is 1.50 bits per heavy atom. The molecule has 0 aliphatic carbocycles. The van der Waals surface area contributed by atoms with Gasteiger partial charge in [0.05, 0.1) is 0 Å². The zero-order valence-corrected chi connectivity index (χ0v) is 8.39. The highest BCUT2D eigenvalue weighted by Gasteiger charge is 2.17. The predicted molar refractivity (Wildman–Crippen MR) is 49.8 cm³/mol. The number of rotatable bonds is 1. The molecule has 12 heavy (non-hydrogen) atoms. The number of amides is 1. The molecule has 0 radical (unpaired) electrons. The molecule has 0 saturated carbocycles. The number of hydrogen-bond donors (Lipinski definition) is 1. The summed E-state index contributed by atoms with van der Waals surface area (Å²) in [5, 5.41) is 2.30. The van der Waals surface area contributed by atoms with Gasteiger partial charge in [-0.2, -0.15) is 0 Å². The average molecular weight is 171 g/mol. The second-order valence-corrected chi connectivity index (χ2v) is 2.29. The lowest BCUT2D eigenvalue weighted by Gasteiger charge is -2.17. The fraction of sp³-hybridized carbons (Fsp3) is 0.667. The van der Waals surface area contributed by atoms with Crippen molar-refractivity contribution in [3.8, 4) is 12.3 Å². The third-order valence-electron chi connectivity index (χ3n) is 0.900. The van der Waals surface area contributed by atoms with E-state index in [4.69, 9.17) is 11.2 Å². The van der Waals surface area contributed by atoms with Gasteiger partial charge in [-0.15, -0.1) is 6.42 Å². The molecule has 0 fully saturated rings. The third kappa shape index (κ3) is 6.94. The molecule has 0 saturated heterocycles. The van der Waals surface area contributed by atoms with Crippen LogP contribution in [0.3, 0.4) is 0 Å². The molecule has 1 amide bonds. The minimum absolute atomic E-state index is 0.511. The summed E-state index contributed by atoms with van der Waals surface area (Å²) in [5.41, 5.74) is -0.819. The van der Waals surface area contributed by atoms with Gasteiger partial charge >= 0.3 is 6.09 Å². The van der Waals surface area contributed by atoms with Crippen molar-refractivity contribution in [3.05, 3.63) is 0 Å². The van der Waals surface area contributed by atoms with E-state index in [9.17, 15) is 4.79 Å². The third-order valence-corrected chi connectivity index (χ3v) is 0.900. The maximum absolute atomic E-state index is 10.6. The van der Waals surface area contributed by atoms with E-state index in [-0.39, 0.29) is 0 Å². The van der Waals surface area contributed by atoms with Gasteiger partial charge in [0.25, 0.3) is 0 Å². The van der Waals surface area contributed by atoms with E-state index in [1.165, 1.54) is 7.05 Å². The highest BCUT2D eigenvalue weighted by molar-refractivity contribution is 5.67. The van der Waals surface area contributed by atoms with Crippen molar-refractivity contribution in [3.63, 3.8) is 0 Å². The summed E-state index contributed by atoms with van der Waals surface area (Å²) >= 11 is 0. The molecule has 0 aromatic heterocycles. The number of hydrogen-bond acceptors (Lipinski definition) is 2. The van der Waals surface area contributed by atoms with Gasteiger partial charge < -0.3 is 10.1 Å². The number of nitrogens with one attached hydrogen (secondary N) is 1.